The van der Waals surface area contributed by atoms with Gasteiger partial charge >= 0.3 is 0 Å². The number of allylic oxidation sites excluding steroid dienone is 2. The third-order valence-electron chi connectivity index (χ3n) is 7.94. The van der Waals surface area contributed by atoms with E-state index in [1.807, 2.05) is 6.07 Å². The van der Waals surface area contributed by atoms with E-state index < -0.39 is 0 Å². The number of piperidine rings is 1. The first-order chi connectivity index (χ1) is 16.5. The third kappa shape index (κ3) is 4.77. The van der Waals surface area contributed by atoms with Gasteiger partial charge < -0.3 is 14.5 Å². The first kappa shape index (κ1) is 23.1. The lowest BCUT2D eigenvalue weighted by Crippen LogP contribution is -2.50. The first-order valence-electron chi connectivity index (χ1n) is 12.7. The van der Waals surface area contributed by atoms with Crippen molar-refractivity contribution < 1.29 is 9.53 Å². The van der Waals surface area contributed by atoms with E-state index in [4.69, 9.17) is 4.74 Å². The third-order valence-corrected chi connectivity index (χ3v) is 7.94. The number of rotatable bonds is 5. The molecule has 2 aliphatic heterocycles. The van der Waals surface area contributed by atoms with Gasteiger partial charge in [-0.15, -0.1) is 0 Å². The molecule has 2 aromatic rings. The highest BCUT2D eigenvalue weighted by molar-refractivity contribution is 6.13. The summed E-state index contributed by atoms with van der Waals surface area (Å²) in [5.74, 6) is 1.50. The minimum absolute atomic E-state index is 0.193. The highest BCUT2D eigenvalue weighted by Crippen LogP contribution is 2.38. The predicted molar refractivity (Wildman–Crippen MR) is 138 cm³/mol. The maximum Gasteiger partial charge on any atom is 0.189 e. The Morgan fingerprint density at radius 2 is 1.82 bits per heavy atom. The fraction of sp³-hybridized carbons (Fsp3) is 0.483. The summed E-state index contributed by atoms with van der Waals surface area (Å²) in [5.41, 5.74) is 5.46. The van der Waals surface area contributed by atoms with E-state index in [2.05, 4.69) is 71.1 Å². The van der Waals surface area contributed by atoms with Crippen LogP contribution in [-0.2, 0) is 13.0 Å². The van der Waals surface area contributed by atoms with Crippen LogP contribution in [0.3, 0.4) is 0 Å². The molecule has 0 N–H and O–H groups in total. The van der Waals surface area contributed by atoms with E-state index in [1.165, 1.54) is 5.56 Å². The molecular weight excluding hydrogens is 422 g/mol. The first-order valence-corrected chi connectivity index (χ1v) is 12.7. The van der Waals surface area contributed by atoms with Crippen LogP contribution in [-0.4, -0.2) is 68.5 Å². The maximum absolute atomic E-state index is 13.3. The molecule has 5 nitrogen and oxygen atoms in total. The number of carbonyl (C=O) groups excluding carboxylic acids is 1. The van der Waals surface area contributed by atoms with Crippen LogP contribution in [0.25, 0.3) is 0 Å². The number of hydrogen-bond donors (Lipinski definition) is 0. The number of piperazine rings is 1. The van der Waals surface area contributed by atoms with Crippen LogP contribution in [0.1, 0.15) is 41.3 Å². The molecule has 0 saturated carbocycles. The van der Waals surface area contributed by atoms with E-state index in [9.17, 15) is 4.79 Å². The van der Waals surface area contributed by atoms with E-state index in [0.717, 1.165) is 86.7 Å². The lowest BCUT2D eigenvalue weighted by atomic mass is 9.93. The molecule has 0 amide bonds. The minimum Gasteiger partial charge on any atom is -0.495 e. The molecule has 1 unspecified atom stereocenters. The summed E-state index contributed by atoms with van der Waals surface area (Å²) in [4.78, 5) is 20.6. The molecule has 34 heavy (non-hydrogen) atoms. The molecule has 0 bridgehead atoms. The Kier molecular flexibility index (Phi) is 6.75. The van der Waals surface area contributed by atoms with E-state index in [0.29, 0.717) is 12.0 Å². The number of carbonyl (C=O) groups is 1. The van der Waals surface area contributed by atoms with Crippen molar-refractivity contribution in [2.45, 2.75) is 38.8 Å². The second kappa shape index (κ2) is 9.93. The van der Waals surface area contributed by atoms with Gasteiger partial charge in [-0.2, -0.15) is 0 Å². The summed E-state index contributed by atoms with van der Waals surface area (Å²) in [6.07, 6.45) is 5.27. The van der Waals surface area contributed by atoms with Gasteiger partial charge in [-0.3, -0.25) is 9.69 Å². The van der Waals surface area contributed by atoms with Gasteiger partial charge in [-0.1, -0.05) is 36.4 Å². The largest absolute Gasteiger partial charge is 0.495 e. The number of hydrogen-bond acceptors (Lipinski definition) is 5. The normalized spacial score (nSPS) is 23.5. The summed E-state index contributed by atoms with van der Waals surface area (Å²) < 4.78 is 5.75. The molecular formula is C29H37N3O2. The van der Waals surface area contributed by atoms with Gasteiger partial charge in [0.1, 0.15) is 5.75 Å². The summed E-state index contributed by atoms with van der Waals surface area (Å²) in [6, 6.07) is 15.4. The molecule has 5 rings (SSSR count). The number of fused-ring (bicyclic) bond motifs is 1. The van der Waals surface area contributed by atoms with Gasteiger partial charge in [-0.25, -0.2) is 0 Å². The smallest absolute Gasteiger partial charge is 0.189 e. The Hall–Kier alpha value is -2.63. The molecule has 1 aliphatic carbocycles. The monoisotopic (exact) mass is 459 g/mol. The fourth-order valence-electron chi connectivity index (χ4n) is 5.64. The van der Waals surface area contributed by atoms with Crippen LogP contribution < -0.4 is 9.64 Å². The standard InChI is InChI=1S/C29H37N3O2/c1-21-19-32(14-13-30(21)2)27-17-24-16-25(29(33)26(24)18-28(27)34-3)15-22-9-11-31(12-10-22)20-23-7-5-4-6-8-23/h4-8,15,17-18,21-22H,9-14,16,19-20H2,1-3H3/b25-15+. The minimum atomic E-state index is 0.193. The molecule has 0 spiro atoms. The van der Waals surface area contributed by atoms with Gasteiger partial charge in [0.25, 0.3) is 0 Å². The number of likely N-dealkylation sites (tertiary alicyclic amines) is 1. The van der Waals surface area contributed by atoms with Gasteiger partial charge in [0, 0.05) is 49.8 Å². The molecule has 2 saturated heterocycles. The second-order valence-electron chi connectivity index (χ2n) is 10.3. The lowest BCUT2D eigenvalue weighted by molar-refractivity contribution is 0.103. The Labute approximate surface area is 204 Å². The SMILES string of the molecule is COc1cc2c(cc1N1CCN(C)C(C)C1)C/C(=C\C1CCN(Cc3ccccc3)CC1)C2=O. The molecule has 2 aromatic carbocycles. The van der Waals surface area contributed by atoms with E-state index in [1.54, 1.807) is 7.11 Å². The zero-order valence-corrected chi connectivity index (χ0v) is 20.8. The zero-order valence-electron chi connectivity index (χ0n) is 20.8. The number of benzene rings is 2. The van der Waals surface area contributed by atoms with Gasteiger partial charge in [-0.05, 0) is 69.1 Å². The van der Waals surface area contributed by atoms with E-state index in [-0.39, 0.29) is 5.78 Å². The predicted octanol–water partition coefficient (Wildman–Crippen LogP) is 4.41. The van der Waals surface area contributed by atoms with Crippen LogP contribution in [0.2, 0.25) is 0 Å². The summed E-state index contributed by atoms with van der Waals surface area (Å²) in [5, 5.41) is 0. The quantitative estimate of drug-likeness (QED) is 0.619. The van der Waals surface area contributed by atoms with Crippen molar-refractivity contribution in [3.8, 4) is 5.75 Å². The molecule has 180 valence electrons. The fourth-order valence-corrected chi connectivity index (χ4v) is 5.64. The lowest BCUT2D eigenvalue weighted by Gasteiger charge is -2.39. The van der Waals surface area contributed by atoms with Gasteiger partial charge in [0.05, 0.1) is 12.8 Å². The average molecular weight is 460 g/mol. The highest BCUT2D eigenvalue weighted by atomic mass is 16.5. The highest BCUT2D eigenvalue weighted by Gasteiger charge is 2.31. The zero-order chi connectivity index (χ0) is 23.7. The van der Waals surface area contributed by atoms with Crippen molar-refractivity contribution in [2.75, 3.05) is 51.8 Å². The van der Waals surface area contributed by atoms with Crippen LogP contribution in [0.15, 0.2) is 54.1 Å². The number of ketones is 1. The Morgan fingerprint density at radius 1 is 1.06 bits per heavy atom. The van der Waals surface area contributed by atoms with Crippen molar-refractivity contribution >= 4 is 11.5 Å². The summed E-state index contributed by atoms with van der Waals surface area (Å²) in [7, 11) is 3.90. The van der Waals surface area contributed by atoms with Gasteiger partial charge in [0.15, 0.2) is 5.78 Å². The van der Waals surface area contributed by atoms with Gasteiger partial charge in [0.2, 0.25) is 0 Å². The number of ether oxygens (including phenoxy) is 1. The van der Waals surface area contributed by atoms with Crippen molar-refractivity contribution in [3.05, 3.63) is 70.8 Å². The molecule has 3 aliphatic rings. The van der Waals surface area contributed by atoms with Crippen LogP contribution >= 0.6 is 0 Å². The maximum atomic E-state index is 13.3. The number of likely N-dealkylation sites (N-methyl/N-ethyl adjacent to an activating group) is 1. The van der Waals surface area contributed by atoms with Crippen molar-refractivity contribution in [1.29, 1.82) is 0 Å². The Morgan fingerprint density at radius 3 is 2.53 bits per heavy atom. The van der Waals surface area contributed by atoms with Crippen molar-refractivity contribution in [3.63, 3.8) is 0 Å². The topological polar surface area (TPSA) is 36.0 Å². The van der Waals surface area contributed by atoms with Crippen molar-refractivity contribution in [2.24, 2.45) is 5.92 Å². The number of Topliss-reactive ketones (excluding diaryl/α,β-unsaturated/α-hetero) is 1. The summed E-state index contributed by atoms with van der Waals surface area (Å²) in [6.45, 7) is 8.45. The molecule has 0 radical (unpaired) electrons. The van der Waals surface area contributed by atoms with Crippen molar-refractivity contribution in [1.82, 2.24) is 9.80 Å². The van der Waals surface area contributed by atoms with E-state index >= 15 is 0 Å². The Balaban J connectivity index is 1.27. The molecule has 2 heterocycles. The van der Waals surface area contributed by atoms with Crippen LogP contribution in [0, 0.1) is 5.92 Å². The molecule has 5 heteroatoms. The van der Waals surface area contributed by atoms with Crippen LogP contribution in [0.5, 0.6) is 5.75 Å². The molecule has 0 aromatic heterocycles. The average Bonchev–Trinajstić information content (AvgIpc) is 3.16. The number of nitrogens with zero attached hydrogens (tertiary/aromatic N) is 3. The Bertz CT molecular complexity index is 1060. The number of methoxy groups -OCH3 is 1. The second-order valence-corrected chi connectivity index (χ2v) is 10.3. The summed E-state index contributed by atoms with van der Waals surface area (Å²) >= 11 is 0. The van der Waals surface area contributed by atoms with Crippen LogP contribution in [0.4, 0.5) is 5.69 Å². The molecule has 1 atom stereocenters. The molecule has 2 fully saturated rings. The number of anilines is 1.